The number of halogens is 3. The van der Waals surface area contributed by atoms with Crippen LogP contribution in [0.1, 0.15) is 38.7 Å². The predicted molar refractivity (Wildman–Crippen MR) is 136 cm³/mol. The second kappa shape index (κ2) is 10.1. The molecule has 0 radical (unpaired) electrons. The molecule has 4 rings (SSSR count). The fraction of sp³-hybridized carbons (Fsp3) is 0.520. The highest BCUT2D eigenvalue weighted by atomic mass is 35.5. The van der Waals surface area contributed by atoms with Gasteiger partial charge in [-0.1, -0.05) is 11.6 Å². The number of benzene rings is 2. The highest BCUT2D eigenvalue weighted by Gasteiger charge is 2.61. The Morgan fingerprint density at radius 3 is 2.35 bits per heavy atom. The third-order valence-corrected chi connectivity index (χ3v) is 11.6. The summed E-state index contributed by atoms with van der Waals surface area (Å²) in [7, 11) is -7.90. The lowest BCUT2D eigenvalue weighted by molar-refractivity contribution is -0.0732. The van der Waals surface area contributed by atoms with Gasteiger partial charge in [-0.15, -0.1) is 0 Å². The zero-order valence-corrected chi connectivity index (χ0v) is 22.9. The van der Waals surface area contributed by atoms with Crippen molar-refractivity contribution < 1.29 is 35.1 Å². The second-order valence-corrected chi connectivity index (χ2v) is 15.3. The molecule has 2 heterocycles. The molecular formula is C25H30ClF2NO6S2. The third kappa shape index (κ3) is 5.38. The van der Waals surface area contributed by atoms with Gasteiger partial charge in [0.05, 0.1) is 34.7 Å². The number of sulfone groups is 2. The van der Waals surface area contributed by atoms with Gasteiger partial charge in [-0.25, -0.2) is 25.6 Å². The standard InChI is InChI=1S/C25H30ClF2NO6S2/c1-24(2,29)11-14-36(30,31)13-9-21-18-15-35-23-20(28)8-7-19(27)22(23)25(18,10-12-34-21)37(32,33)17-5-3-16(26)4-6-17/h3-8,18,21H,9-15,29H2,1-2H3/t18?,21-,25-/m0/s1. The van der Waals surface area contributed by atoms with Crippen molar-refractivity contribution in [3.8, 4) is 5.75 Å². The van der Waals surface area contributed by atoms with E-state index in [4.69, 9.17) is 26.8 Å². The number of ether oxygens (including phenoxy) is 2. The number of rotatable bonds is 8. The molecular weight excluding hydrogens is 548 g/mol. The van der Waals surface area contributed by atoms with Crippen LogP contribution in [-0.4, -0.2) is 53.2 Å². The molecule has 2 aromatic carbocycles. The maximum atomic E-state index is 15.4. The fourth-order valence-electron chi connectivity index (χ4n) is 5.15. The average molecular weight is 578 g/mol. The van der Waals surface area contributed by atoms with E-state index in [1.807, 2.05) is 0 Å². The Morgan fingerprint density at radius 1 is 1.05 bits per heavy atom. The zero-order valence-electron chi connectivity index (χ0n) is 20.5. The molecule has 0 spiro atoms. The van der Waals surface area contributed by atoms with Crippen molar-refractivity contribution in [2.24, 2.45) is 11.7 Å². The Bertz CT molecular complexity index is 1380. The smallest absolute Gasteiger partial charge is 0.189 e. The van der Waals surface area contributed by atoms with Crippen LogP contribution in [0, 0.1) is 17.6 Å². The topological polar surface area (TPSA) is 113 Å². The Labute approximate surface area is 221 Å². The van der Waals surface area contributed by atoms with Crippen LogP contribution in [0.15, 0.2) is 41.3 Å². The number of nitrogens with two attached hydrogens (primary N) is 1. The summed E-state index contributed by atoms with van der Waals surface area (Å²) in [5.41, 5.74) is 4.87. The first-order valence-corrected chi connectivity index (χ1v) is 15.6. The minimum atomic E-state index is -4.36. The summed E-state index contributed by atoms with van der Waals surface area (Å²) in [6, 6.07) is 7.22. The maximum absolute atomic E-state index is 15.4. The molecule has 204 valence electrons. The van der Waals surface area contributed by atoms with Gasteiger partial charge in [-0.05, 0) is 69.5 Å². The van der Waals surface area contributed by atoms with Gasteiger partial charge in [0.1, 0.15) is 20.4 Å². The molecule has 3 atom stereocenters. The van der Waals surface area contributed by atoms with Crippen LogP contribution >= 0.6 is 11.6 Å². The molecule has 37 heavy (non-hydrogen) atoms. The van der Waals surface area contributed by atoms with Gasteiger partial charge in [-0.3, -0.25) is 0 Å². The molecule has 0 saturated carbocycles. The zero-order chi connectivity index (χ0) is 27.2. The van der Waals surface area contributed by atoms with Crippen molar-refractivity contribution >= 4 is 31.3 Å². The predicted octanol–water partition coefficient (Wildman–Crippen LogP) is 4.02. The molecule has 0 aromatic heterocycles. The van der Waals surface area contributed by atoms with Crippen LogP contribution in [0.3, 0.4) is 0 Å². The van der Waals surface area contributed by atoms with Crippen LogP contribution in [0.2, 0.25) is 5.02 Å². The summed E-state index contributed by atoms with van der Waals surface area (Å²) in [5, 5.41) is 0.313. The summed E-state index contributed by atoms with van der Waals surface area (Å²) in [5.74, 6) is -3.66. The van der Waals surface area contributed by atoms with Gasteiger partial charge in [-0.2, -0.15) is 0 Å². The van der Waals surface area contributed by atoms with E-state index in [1.54, 1.807) is 13.8 Å². The van der Waals surface area contributed by atoms with Crippen molar-refractivity contribution in [2.45, 2.75) is 54.4 Å². The van der Waals surface area contributed by atoms with E-state index in [2.05, 4.69) is 0 Å². The monoisotopic (exact) mass is 577 g/mol. The highest BCUT2D eigenvalue weighted by Crippen LogP contribution is 2.55. The van der Waals surface area contributed by atoms with Gasteiger partial charge in [0.25, 0.3) is 0 Å². The van der Waals surface area contributed by atoms with E-state index in [9.17, 15) is 21.2 Å². The molecule has 1 fully saturated rings. The van der Waals surface area contributed by atoms with E-state index < -0.39 is 59.4 Å². The van der Waals surface area contributed by atoms with E-state index in [1.165, 1.54) is 24.3 Å². The van der Waals surface area contributed by atoms with Crippen LogP contribution in [-0.2, 0) is 29.2 Å². The van der Waals surface area contributed by atoms with Crippen molar-refractivity contribution in [1.29, 1.82) is 0 Å². The molecule has 0 aliphatic carbocycles. The lowest BCUT2D eigenvalue weighted by atomic mass is 9.75. The minimum Gasteiger partial charge on any atom is -0.490 e. The Hall–Kier alpha value is -1.79. The van der Waals surface area contributed by atoms with Crippen LogP contribution in [0.25, 0.3) is 0 Å². The van der Waals surface area contributed by atoms with E-state index >= 15 is 4.39 Å². The Kier molecular flexibility index (Phi) is 7.68. The van der Waals surface area contributed by atoms with E-state index in [0.29, 0.717) is 5.02 Å². The summed E-state index contributed by atoms with van der Waals surface area (Å²) >= 11 is 5.96. The number of hydrogen-bond donors (Lipinski definition) is 1. The summed E-state index contributed by atoms with van der Waals surface area (Å²) in [6.45, 7) is 3.07. The first kappa shape index (κ1) is 28.2. The molecule has 2 aromatic rings. The van der Waals surface area contributed by atoms with Crippen molar-refractivity contribution in [1.82, 2.24) is 0 Å². The lowest BCUT2D eigenvalue weighted by Gasteiger charge is -2.50. The normalized spacial score (nSPS) is 24.2. The molecule has 12 heteroatoms. The Morgan fingerprint density at radius 2 is 1.70 bits per heavy atom. The molecule has 1 saturated heterocycles. The largest absolute Gasteiger partial charge is 0.490 e. The Balaban J connectivity index is 1.78. The highest BCUT2D eigenvalue weighted by molar-refractivity contribution is 7.92. The molecule has 7 nitrogen and oxygen atoms in total. The quantitative estimate of drug-likeness (QED) is 0.504. The van der Waals surface area contributed by atoms with Gasteiger partial charge in [0.2, 0.25) is 0 Å². The summed E-state index contributed by atoms with van der Waals surface area (Å²) < 4.78 is 93.7. The molecule has 2 aliphatic rings. The van der Waals surface area contributed by atoms with Crippen LogP contribution in [0.4, 0.5) is 8.78 Å². The number of fused-ring (bicyclic) bond motifs is 3. The van der Waals surface area contributed by atoms with Gasteiger partial charge < -0.3 is 15.2 Å². The minimum absolute atomic E-state index is 0.0362. The van der Waals surface area contributed by atoms with Gasteiger partial charge in [0, 0.05) is 23.1 Å². The van der Waals surface area contributed by atoms with Crippen molar-refractivity contribution in [2.75, 3.05) is 24.7 Å². The van der Waals surface area contributed by atoms with Gasteiger partial charge in [0.15, 0.2) is 21.4 Å². The number of hydrogen-bond acceptors (Lipinski definition) is 7. The van der Waals surface area contributed by atoms with Crippen LogP contribution < -0.4 is 10.5 Å². The average Bonchev–Trinajstić information content (AvgIpc) is 2.83. The van der Waals surface area contributed by atoms with Crippen LogP contribution in [0.5, 0.6) is 5.75 Å². The first-order valence-electron chi connectivity index (χ1n) is 11.9. The summed E-state index contributed by atoms with van der Waals surface area (Å²) in [6.07, 6.45) is -0.845. The molecule has 2 N–H and O–H groups in total. The van der Waals surface area contributed by atoms with E-state index in [-0.39, 0.29) is 54.4 Å². The van der Waals surface area contributed by atoms with Crippen molar-refractivity contribution in [3.05, 3.63) is 58.6 Å². The maximum Gasteiger partial charge on any atom is 0.189 e. The molecule has 0 amide bonds. The fourth-order valence-corrected chi connectivity index (χ4v) is 9.25. The van der Waals surface area contributed by atoms with E-state index in [0.717, 1.165) is 12.1 Å². The first-order chi connectivity index (χ1) is 17.2. The van der Waals surface area contributed by atoms with Crippen molar-refractivity contribution in [3.63, 3.8) is 0 Å². The molecule has 1 unspecified atom stereocenters. The molecule has 2 aliphatic heterocycles. The molecule has 0 bridgehead atoms. The summed E-state index contributed by atoms with van der Waals surface area (Å²) in [4.78, 5) is -0.114. The lowest BCUT2D eigenvalue weighted by Crippen LogP contribution is -2.57. The third-order valence-electron chi connectivity index (χ3n) is 7.12. The second-order valence-electron chi connectivity index (χ2n) is 10.3. The SMILES string of the molecule is CC(C)(N)CCS(=O)(=O)CC[C@@H]1OCC[C@@]2(S(=O)(=O)c3ccc(Cl)cc3)c3c(F)ccc(F)c3OCC12. The van der Waals surface area contributed by atoms with Gasteiger partial charge >= 0.3 is 0 Å².